The molecule has 0 aliphatic carbocycles. The minimum Gasteiger partial charge on any atom is -0.384 e. The summed E-state index contributed by atoms with van der Waals surface area (Å²) in [6.45, 7) is 5.58. The Morgan fingerprint density at radius 1 is 1.56 bits per heavy atom. The molecule has 90 valence electrons. The highest BCUT2D eigenvalue weighted by atomic mass is 16.1. The number of nitrogens with two attached hydrogens (primary N) is 1. The Labute approximate surface area is 95.2 Å². The molecule has 0 aromatic carbocycles. The molecule has 1 fully saturated rings. The Kier molecular flexibility index (Phi) is 2.80. The number of hydrogen-bond acceptors (Lipinski definition) is 2. The Bertz CT molecular complexity index is 422. The van der Waals surface area contributed by atoms with Crippen LogP contribution in [0.25, 0.3) is 0 Å². The van der Waals surface area contributed by atoms with E-state index in [1.54, 1.807) is 4.90 Å². The number of nitrogen functional groups attached to an aromatic ring is 1. The summed E-state index contributed by atoms with van der Waals surface area (Å²) in [6.07, 6.45) is 1.06. The summed E-state index contributed by atoms with van der Waals surface area (Å²) in [5.41, 5.74) is 5.73. The average molecular weight is 225 g/mol. The van der Waals surface area contributed by atoms with Gasteiger partial charge >= 0.3 is 0 Å². The van der Waals surface area contributed by atoms with Gasteiger partial charge in [-0.15, -0.1) is 0 Å². The van der Waals surface area contributed by atoms with E-state index in [-0.39, 0.29) is 5.56 Å². The number of anilines is 1. The predicted molar refractivity (Wildman–Crippen MR) is 63.5 cm³/mol. The van der Waals surface area contributed by atoms with E-state index in [0.29, 0.717) is 23.8 Å². The quantitative estimate of drug-likeness (QED) is 0.588. The molecule has 5 heteroatoms. The number of aromatic amines is 1. The third-order valence-electron chi connectivity index (χ3n) is 3.86. The van der Waals surface area contributed by atoms with Gasteiger partial charge in [0, 0.05) is 18.4 Å². The number of piperidine rings is 1. The van der Waals surface area contributed by atoms with Crippen LogP contribution in [0.2, 0.25) is 0 Å². The van der Waals surface area contributed by atoms with Crippen LogP contribution in [0.3, 0.4) is 0 Å². The van der Waals surface area contributed by atoms with Gasteiger partial charge in [0.25, 0.3) is 5.56 Å². The van der Waals surface area contributed by atoms with Crippen molar-refractivity contribution >= 4 is 5.82 Å². The van der Waals surface area contributed by atoms with E-state index in [1.165, 1.54) is 6.07 Å². The Morgan fingerprint density at radius 3 is 2.81 bits per heavy atom. The molecule has 1 aromatic heterocycles. The summed E-state index contributed by atoms with van der Waals surface area (Å²) in [4.78, 5) is 12.8. The molecule has 4 N–H and O–H groups in total. The highest BCUT2D eigenvalue weighted by molar-refractivity contribution is 5.27. The maximum Gasteiger partial charge on any atom is 0.266 e. The SMILES string of the molecule is C[C@@H]1C[NH+](C)[C@H](C)C[C@H]1n1[nH]c(=O)cc1N. The van der Waals surface area contributed by atoms with Crippen LogP contribution in [0, 0.1) is 5.92 Å². The standard InChI is InChI=1S/C11H20N4O/c1-7-6-14(3)8(2)4-9(7)15-10(12)5-11(16)13-15/h5,7-9H,4,6,12H2,1-3H3,(H,13,16)/p+1/t7-,8-,9-/m1/s1. The summed E-state index contributed by atoms with van der Waals surface area (Å²) < 4.78 is 1.84. The summed E-state index contributed by atoms with van der Waals surface area (Å²) in [5, 5.41) is 2.81. The zero-order valence-corrected chi connectivity index (χ0v) is 10.2. The molecule has 1 aromatic rings. The predicted octanol–water partition coefficient (Wildman–Crippen LogP) is -0.757. The van der Waals surface area contributed by atoms with Crippen molar-refractivity contribution in [1.29, 1.82) is 0 Å². The highest BCUT2D eigenvalue weighted by Gasteiger charge is 2.34. The molecule has 2 rings (SSSR count). The van der Waals surface area contributed by atoms with Gasteiger partial charge in [-0.25, -0.2) is 0 Å². The van der Waals surface area contributed by atoms with Gasteiger partial charge in [0.15, 0.2) is 0 Å². The fourth-order valence-corrected chi connectivity index (χ4v) is 2.69. The lowest BCUT2D eigenvalue weighted by molar-refractivity contribution is -0.914. The Hall–Kier alpha value is -1.23. The van der Waals surface area contributed by atoms with Crippen molar-refractivity contribution in [1.82, 2.24) is 9.78 Å². The number of H-pyrrole nitrogens is 1. The minimum atomic E-state index is -0.108. The maximum atomic E-state index is 11.2. The molecule has 0 spiro atoms. The number of nitrogens with zero attached hydrogens (tertiary/aromatic N) is 1. The molecule has 0 amide bonds. The molecule has 1 unspecified atom stereocenters. The van der Waals surface area contributed by atoms with Crippen molar-refractivity contribution in [3.8, 4) is 0 Å². The normalized spacial score (nSPS) is 35.2. The van der Waals surface area contributed by atoms with Crippen molar-refractivity contribution in [2.75, 3.05) is 19.3 Å². The van der Waals surface area contributed by atoms with E-state index in [1.807, 2.05) is 4.68 Å². The zero-order chi connectivity index (χ0) is 11.9. The fraction of sp³-hybridized carbons (Fsp3) is 0.727. The minimum absolute atomic E-state index is 0.108. The van der Waals surface area contributed by atoms with E-state index in [9.17, 15) is 4.79 Å². The van der Waals surface area contributed by atoms with E-state index >= 15 is 0 Å². The molecule has 16 heavy (non-hydrogen) atoms. The van der Waals surface area contributed by atoms with Gasteiger partial charge in [-0.2, -0.15) is 0 Å². The van der Waals surface area contributed by atoms with E-state index < -0.39 is 0 Å². The number of aromatic nitrogens is 2. The lowest BCUT2D eigenvalue weighted by atomic mass is 9.90. The number of rotatable bonds is 1. The first-order valence-corrected chi connectivity index (χ1v) is 5.88. The van der Waals surface area contributed by atoms with Gasteiger partial charge < -0.3 is 10.6 Å². The van der Waals surface area contributed by atoms with Crippen LogP contribution in [0.5, 0.6) is 0 Å². The molecular weight excluding hydrogens is 204 g/mol. The molecular formula is C11H21N4O+. The first-order chi connectivity index (χ1) is 7.49. The van der Waals surface area contributed by atoms with Crippen LogP contribution in [-0.2, 0) is 0 Å². The topological polar surface area (TPSA) is 68.2 Å². The molecule has 2 heterocycles. The highest BCUT2D eigenvalue weighted by Crippen LogP contribution is 2.25. The van der Waals surface area contributed by atoms with Gasteiger partial charge in [0.1, 0.15) is 5.82 Å². The summed E-state index contributed by atoms with van der Waals surface area (Å²) >= 11 is 0. The van der Waals surface area contributed by atoms with Crippen LogP contribution in [0.4, 0.5) is 5.82 Å². The third-order valence-corrected chi connectivity index (χ3v) is 3.86. The number of likely N-dealkylation sites (tertiary alicyclic amines) is 1. The monoisotopic (exact) mass is 225 g/mol. The van der Waals surface area contributed by atoms with Crippen LogP contribution in [0.15, 0.2) is 10.9 Å². The first-order valence-electron chi connectivity index (χ1n) is 5.88. The smallest absolute Gasteiger partial charge is 0.266 e. The van der Waals surface area contributed by atoms with Gasteiger partial charge in [-0.05, 0) is 6.92 Å². The lowest BCUT2D eigenvalue weighted by Gasteiger charge is -2.37. The van der Waals surface area contributed by atoms with E-state index in [2.05, 4.69) is 26.0 Å². The van der Waals surface area contributed by atoms with Gasteiger partial charge in [-0.3, -0.25) is 14.6 Å². The molecule has 1 aliphatic heterocycles. The number of quaternary nitrogens is 1. The lowest BCUT2D eigenvalue weighted by Crippen LogP contribution is -3.14. The number of nitrogens with one attached hydrogen (secondary N) is 2. The Balaban J connectivity index is 2.27. The van der Waals surface area contributed by atoms with Crippen LogP contribution in [-0.4, -0.2) is 29.4 Å². The van der Waals surface area contributed by atoms with Gasteiger partial charge in [-0.1, -0.05) is 6.92 Å². The third kappa shape index (κ3) is 1.87. The maximum absolute atomic E-state index is 11.2. The van der Waals surface area contributed by atoms with Crippen molar-refractivity contribution in [2.45, 2.75) is 32.4 Å². The van der Waals surface area contributed by atoms with Gasteiger partial charge in [0.05, 0.1) is 25.7 Å². The molecule has 0 bridgehead atoms. The second-order valence-corrected chi connectivity index (χ2v) is 5.15. The van der Waals surface area contributed by atoms with Crippen molar-refractivity contribution < 1.29 is 4.90 Å². The molecule has 4 atom stereocenters. The second kappa shape index (κ2) is 3.97. The largest absolute Gasteiger partial charge is 0.384 e. The van der Waals surface area contributed by atoms with Crippen molar-refractivity contribution in [3.63, 3.8) is 0 Å². The van der Waals surface area contributed by atoms with Crippen LogP contribution in [0.1, 0.15) is 26.3 Å². The molecule has 0 saturated carbocycles. The van der Waals surface area contributed by atoms with Crippen molar-refractivity contribution in [3.05, 3.63) is 16.4 Å². The zero-order valence-electron chi connectivity index (χ0n) is 10.2. The number of hydrogen-bond donors (Lipinski definition) is 3. The van der Waals surface area contributed by atoms with Crippen LogP contribution >= 0.6 is 0 Å². The van der Waals surface area contributed by atoms with E-state index in [0.717, 1.165) is 13.0 Å². The summed E-state index contributed by atoms with van der Waals surface area (Å²) in [7, 11) is 2.22. The molecule has 5 nitrogen and oxygen atoms in total. The second-order valence-electron chi connectivity index (χ2n) is 5.15. The summed E-state index contributed by atoms with van der Waals surface area (Å²) in [5.74, 6) is 1.08. The van der Waals surface area contributed by atoms with Gasteiger partial charge in [0.2, 0.25) is 0 Å². The average Bonchev–Trinajstić information content (AvgIpc) is 2.51. The fourth-order valence-electron chi connectivity index (χ4n) is 2.69. The summed E-state index contributed by atoms with van der Waals surface area (Å²) in [6, 6.07) is 2.38. The van der Waals surface area contributed by atoms with Crippen LogP contribution < -0.4 is 16.2 Å². The Morgan fingerprint density at radius 2 is 2.25 bits per heavy atom. The molecule has 1 saturated heterocycles. The molecule has 0 radical (unpaired) electrons. The van der Waals surface area contributed by atoms with Crippen molar-refractivity contribution in [2.24, 2.45) is 5.92 Å². The van der Waals surface area contributed by atoms with E-state index in [4.69, 9.17) is 5.73 Å². The molecule has 1 aliphatic rings. The first kappa shape index (κ1) is 11.3.